The maximum absolute atomic E-state index is 12.8. The number of rotatable bonds is 7. The number of aryl methyl sites for hydroxylation is 1. The molecule has 154 valence electrons. The number of benzene rings is 1. The third-order valence-corrected chi connectivity index (χ3v) is 5.92. The number of nitrogens with one attached hydrogen (secondary N) is 1. The van der Waals surface area contributed by atoms with Crippen LogP contribution in [0.25, 0.3) is 0 Å². The molecule has 8 heteroatoms. The van der Waals surface area contributed by atoms with Crippen molar-refractivity contribution in [2.45, 2.75) is 32.6 Å². The van der Waals surface area contributed by atoms with Gasteiger partial charge in [-0.3, -0.25) is 9.59 Å². The van der Waals surface area contributed by atoms with Crippen LogP contribution >= 0.6 is 11.3 Å². The summed E-state index contributed by atoms with van der Waals surface area (Å²) < 4.78 is 15.7. The van der Waals surface area contributed by atoms with Crippen LogP contribution in [0.2, 0.25) is 0 Å². The van der Waals surface area contributed by atoms with Gasteiger partial charge in [-0.2, -0.15) is 0 Å². The second-order valence-corrected chi connectivity index (χ2v) is 7.77. The molecule has 0 saturated heterocycles. The highest BCUT2D eigenvalue weighted by atomic mass is 32.1. The van der Waals surface area contributed by atoms with Crippen molar-refractivity contribution in [3.63, 3.8) is 0 Å². The van der Waals surface area contributed by atoms with Gasteiger partial charge in [-0.25, -0.2) is 4.79 Å². The van der Waals surface area contributed by atoms with Crippen LogP contribution in [0.4, 0.5) is 5.00 Å². The van der Waals surface area contributed by atoms with Crippen LogP contribution < -0.4 is 14.8 Å². The fourth-order valence-electron chi connectivity index (χ4n) is 3.34. The minimum Gasteiger partial charge on any atom is -0.497 e. The van der Waals surface area contributed by atoms with Gasteiger partial charge >= 0.3 is 5.97 Å². The summed E-state index contributed by atoms with van der Waals surface area (Å²) in [5, 5.41) is 3.21. The van der Waals surface area contributed by atoms with Gasteiger partial charge in [0.15, 0.2) is 6.61 Å². The van der Waals surface area contributed by atoms with E-state index in [4.69, 9.17) is 14.2 Å². The standard InChI is InChI=1S/C21H23NO6S/c1-12(23)22-20-19(15-6-4-5-7-18(15)29-20)21(25)28-11-16(24)14-9-8-13(26-2)10-17(14)27-3/h8-10H,4-7,11H2,1-3H3,(H,22,23). The van der Waals surface area contributed by atoms with Crippen LogP contribution in [0.15, 0.2) is 18.2 Å². The first-order valence-corrected chi connectivity index (χ1v) is 10.1. The Labute approximate surface area is 173 Å². The lowest BCUT2D eigenvalue weighted by atomic mass is 9.95. The molecule has 0 aliphatic heterocycles. The van der Waals surface area contributed by atoms with Crippen molar-refractivity contribution in [2.24, 2.45) is 0 Å². The van der Waals surface area contributed by atoms with E-state index in [-0.39, 0.29) is 11.7 Å². The van der Waals surface area contributed by atoms with Gasteiger partial charge in [-0.05, 0) is 43.4 Å². The monoisotopic (exact) mass is 417 g/mol. The number of carbonyl (C=O) groups excluding carboxylic acids is 3. The van der Waals surface area contributed by atoms with Crippen LogP contribution in [0.5, 0.6) is 11.5 Å². The fraction of sp³-hybridized carbons (Fsp3) is 0.381. The number of thiophene rings is 1. The average Bonchev–Trinajstić information content (AvgIpc) is 3.08. The lowest BCUT2D eigenvalue weighted by molar-refractivity contribution is -0.114. The molecule has 1 heterocycles. The fourth-order valence-corrected chi connectivity index (χ4v) is 4.66. The van der Waals surface area contributed by atoms with Crippen molar-refractivity contribution in [3.8, 4) is 11.5 Å². The Hall–Kier alpha value is -2.87. The third-order valence-electron chi connectivity index (χ3n) is 4.71. The number of esters is 1. The highest BCUT2D eigenvalue weighted by Crippen LogP contribution is 2.38. The van der Waals surface area contributed by atoms with Crippen molar-refractivity contribution in [1.29, 1.82) is 0 Å². The van der Waals surface area contributed by atoms with Gasteiger partial charge in [0.1, 0.15) is 16.5 Å². The Kier molecular flexibility index (Phi) is 6.53. The molecule has 0 atom stereocenters. The molecular formula is C21H23NO6S. The molecule has 3 rings (SSSR count). The summed E-state index contributed by atoms with van der Waals surface area (Å²) in [6.07, 6.45) is 3.67. The second kappa shape index (κ2) is 9.09. The molecule has 0 saturated carbocycles. The van der Waals surface area contributed by atoms with E-state index in [2.05, 4.69) is 5.32 Å². The van der Waals surface area contributed by atoms with E-state index in [1.807, 2.05) is 0 Å². The van der Waals surface area contributed by atoms with E-state index >= 15 is 0 Å². The Morgan fingerprint density at radius 1 is 1.10 bits per heavy atom. The first-order chi connectivity index (χ1) is 13.9. The predicted octanol–water partition coefficient (Wildman–Crippen LogP) is 3.64. The Morgan fingerprint density at radius 3 is 2.55 bits per heavy atom. The van der Waals surface area contributed by atoms with E-state index in [0.717, 1.165) is 36.1 Å². The molecule has 7 nitrogen and oxygen atoms in total. The normalized spacial score (nSPS) is 12.7. The Balaban J connectivity index is 1.78. The number of carbonyl (C=O) groups is 3. The molecule has 1 amide bonds. The lowest BCUT2D eigenvalue weighted by Gasteiger charge is -2.13. The molecule has 1 aliphatic rings. The Bertz CT molecular complexity index is 949. The molecule has 0 spiro atoms. The predicted molar refractivity (Wildman–Crippen MR) is 109 cm³/mol. The molecule has 0 radical (unpaired) electrons. The van der Waals surface area contributed by atoms with E-state index < -0.39 is 12.6 Å². The van der Waals surface area contributed by atoms with Crippen molar-refractivity contribution >= 4 is 34.0 Å². The minimum atomic E-state index is -0.603. The van der Waals surface area contributed by atoms with Gasteiger partial charge < -0.3 is 19.5 Å². The summed E-state index contributed by atoms with van der Waals surface area (Å²) in [7, 11) is 2.97. The topological polar surface area (TPSA) is 90.9 Å². The van der Waals surface area contributed by atoms with Gasteiger partial charge in [0.05, 0.1) is 25.3 Å². The average molecular weight is 417 g/mol. The highest BCUT2D eigenvalue weighted by Gasteiger charge is 2.27. The van der Waals surface area contributed by atoms with E-state index in [9.17, 15) is 14.4 Å². The van der Waals surface area contributed by atoms with Crippen molar-refractivity contribution in [3.05, 3.63) is 39.8 Å². The number of amides is 1. The highest BCUT2D eigenvalue weighted by molar-refractivity contribution is 7.17. The van der Waals surface area contributed by atoms with Crippen molar-refractivity contribution in [2.75, 3.05) is 26.1 Å². The molecule has 0 fully saturated rings. The van der Waals surface area contributed by atoms with E-state index in [0.29, 0.717) is 27.6 Å². The lowest BCUT2D eigenvalue weighted by Crippen LogP contribution is -2.18. The van der Waals surface area contributed by atoms with E-state index in [1.54, 1.807) is 18.2 Å². The van der Waals surface area contributed by atoms with Crippen molar-refractivity contribution in [1.82, 2.24) is 0 Å². The van der Waals surface area contributed by atoms with Crippen LogP contribution in [0.1, 0.15) is 50.9 Å². The molecule has 29 heavy (non-hydrogen) atoms. The van der Waals surface area contributed by atoms with Crippen LogP contribution in [0, 0.1) is 0 Å². The molecule has 2 aromatic rings. The number of hydrogen-bond donors (Lipinski definition) is 1. The molecule has 0 bridgehead atoms. The van der Waals surface area contributed by atoms with Gasteiger partial charge in [-0.1, -0.05) is 0 Å². The molecule has 1 aromatic heterocycles. The number of Topliss-reactive ketones (excluding diaryl/α,β-unsaturated/α-hetero) is 1. The first kappa shape index (κ1) is 20.9. The Morgan fingerprint density at radius 2 is 1.86 bits per heavy atom. The number of ketones is 1. The SMILES string of the molecule is COc1ccc(C(=O)COC(=O)c2c(NC(C)=O)sc3c2CCCC3)c(OC)c1. The largest absolute Gasteiger partial charge is 0.497 e. The number of methoxy groups -OCH3 is 2. The first-order valence-electron chi connectivity index (χ1n) is 9.29. The summed E-state index contributed by atoms with van der Waals surface area (Å²) in [6.45, 7) is 0.971. The van der Waals surface area contributed by atoms with Gasteiger partial charge in [0.2, 0.25) is 11.7 Å². The molecule has 1 aliphatic carbocycles. The summed E-state index contributed by atoms with van der Waals surface area (Å²) in [5.41, 5.74) is 1.59. The minimum absolute atomic E-state index is 0.253. The quantitative estimate of drug-likeness (QED) is 0.546. The van der Waals surface area contributed by atoms with Crippen LogP contribution in [-0.4, -0.2) is 38.5 Å². The molecule has 1 aromatic carbocycles. The number of ether oxygens (including phenoxy) is 3. The zero-order chi connectivity index (χ0) is 21.0. The number of fused-ring (bicyclic) bond motifs is 1. The molecule has 1 N–H and O–H groups in total. The second-order valence-electron chi connectivity index (χ2n) is 6.66. The molecule has 0 unspecified atom stereocenters. The van der Waals surface area contributed by atoms with Gasteiger partial charge in [0, 0.05) is 17.9 Å². The van der Waals surface area contributed by atoms with Gasteiger partial charge in [-0.15, -0.1) is 11.3 Å². The summed E-state index contributed by atoms with van der Waals surface area (Å²) in [6, 6.07) is 4.81. The van der Waals surface area contributed by atoms with Gasteiger partial charge in [0.25, 0.3) is 0 Å². The smallest absolute Gasteiger partial charge is 0.341 e. The van der Waals surface area contributed by atoms with Crippen LogP contribution in [0.3, 0.4) is 0 Å². The number of anilines is 1. The summed E-state index contributed by atoms with van der Waals surface area (Å²) >= 11 is 1.41. The van der Waals surface area contributed by atoms with Crippen LogP contribution in [-0.2, 0) is 22.4 Å². The van der Waals surface area contributed by atoms with Crippen molar-refractivity contribution < 1.29 is 28.6 Å². The zero-order valence-corrected chi connectivity index (χ0v) is 17.4. The zero-order valence-electron chi connectivity index (χ0n) is 16.6. The summed E-state index contributed by atoms with van der Waals surface area (Å²) in [5.74, 6) is -0.341. The third kappa shape index (κ3) is 4.59. The maximum atomic E-state index is 12.8. The maximum Gasteiger partial charge on any atom is 0.341 e. The summed E-state index contributed by atoms with van der Waals surface area (Å²) in [4.78, 5) is 38.0. The number of hydrogen-bond acceptors (Lipinski definition) is 7. The van der Waals surface area contributed by atoms with E-state index in [1.165, 1.54) is 32.5 Å². The molecular weight excluding hydrogens is 394 g/mol.